The monoisotopic (exact) mass is 264 g/mol. The van der Waals surface area contributed by atoms with E-state index in [-0.39, 0.29) is 5.91 Å². The van der Waals surface area contributed by atoms with Gasteiger partial charge in [0.05, 0.1) is 0 Å². The fourth-order valence-corrected chi connectivity index (χ4v) is 2.33. The Morgan fingerprint density at radius 1 is 1.05 bits per heavy atom. The van der Waals surface area contributed by atoms with Crippen molar-refractivity contribution in [3.05, 3.63) is 54.1 Å². The number of hydrogen-bond donors (Lipinski definition) is 2. The van der Waals surface area contributed by atoms with E-state index in [0.717, 1.165) is 22.5 Å². The maximum Gasteiger partial charge on any atom is 0.221 e. The molecule has 100 valence electrons. The van der Waals surface area contributed by atoms with Gasteiger partial charge in [0.15, 0.2) is 0 Å². The number of H-pyrrole nitrogens is 1. The summed E-state index contributed by atoms with van der Waals surface area (Å²) in [6, 6.07) is 16.3. The number of rotatable bonds is 2. The zero-order valence-corrected chi connectivity index (χ0v) is 11.5. The van der Waals surface area contributed by atoms with Crippen molar-refractivity contribution in [2.24, 2.45) is 0 Å². The van der Waals surface area contributed by atoms with Crippen molar-refractivity contribution < 1.29 is 4.79 Å². The third-order valence-corrected chi connectivity index (χ3v) is 3.29. The van der Waals surface area contributed by atoms with Gasteiger partial charge in [-0.3, -0.25) is 4.79 Å². The molecule has 0 saturated heterocycles. The fraction of sp³-hybridized carbons (Fsp3) is 0.118. The van der Waals surface area contributed by atoms with Gasteiger partial charge in [0, 0.05) is 29.2 Å². The van der Waals surface area contributed by atoms with Crippen molar-refractivity contribution in [2.45, 2.75) is 13.8 Å². The van der Waals surface area contributed by atoms with Gasteiger partial charge in [-0.05, 0) is 42.3 Å². The minimum absolute atomic E-state index is 0.0566. The number of aromatic amines is 1. The largest absolute Gasteiger partial charge is 0.355 e. The number of hydrogen-bond acceptors (Lipinski definition) is 1. The first kappa shape index (κ1) is 12.5. The lowest BCUT2D eigenvalue weighted by atomic mass is 10.1. The van der Waals surface area contributed by atoms with Crippen molar-refractivity contribution in [1.82, 2.24) is 4.98 Å². The van der Waals surface area contributed by atoms with Crippen LogP contribution < -0.4 is 5.32 Å². The highest BCUT2D eigenvalue weighted by molar-refractivity contribution is 5.89. The van der Waals surface area contributed by atoms with Crippen LogP contribution in [0.15, 0.2) is 48.5 Å². The molecule has 2 aromatic carbocycles. The van der Waals surface area contributed by atoms with E-state index < -0.39 is 0 Å². The molecule has 0 fully saturated rings. The van der Waals surface area contributed by atoms with Crippen LogP contribution in [-0.2, 0) is 4.79 Å². The average molecular weight is 264 g/mol. The Morgan fingerprint density at radius 3 is 2.50 bits per heavy atom. The summed E-state index contributed by atoms with van der Waals surface area (Å²) in [5, 5.41) is 3.97. The predicted molar refractivity (Wildman–Crippen MR) is 82.8 cm³/mol. The molecule has 0 radical (unpaired) electrons. The quantitative estimate of drug-likeness (QED) is 0.719. The summed E-state index contributed by atoms with van der Waals surface area (Å²) >= 11 is 0. The molecule has 0 aliphatic carbocycles. The Morgan fingerprint density at radius 2 is 1.80 bits per heavy atom. The number of benzene rings is 2. The number of aryl methyl sites for hydroxylation is 1. The predicted octanol–water partition coefficient (Wildman–Crippen LogP) is 4.10. The summed E-state index contributed by atoms with van der Waals surface area (Å²) in [6.07, 6.45) is 0. The van der Waals surface area contributed by atoms with E-state index in [1.807, 2.05) is 24.3 Å². The third kappa shape index (κ3) is 2.43. The highest BCUT2D eigenvalue weighted by Crippen LogP contribution is 2.25. The van der Waals surface area contributed by atoms with Crippen molar-refractivity contribution in [3.63, 3.8) is 0 Å². The molecule has 0 spiro atoms. The molecule has 3 nitrogen and oxygen atoms in total. The first-order valence-electron chi connectivity index (χ1n) is 6.59. The van der Waals surface area contributed by atoms with Crippen LogP contribution in [0.1, 0.15) is 12.5 Å². The van der Waals surface area contributed by atoms with Crippen LogP contribution in [0.3, 0.4) is 0 Å². The Hall–Kier alpha value is -2.55. The molecule has 0 bridgehead atoms. The number of carbonyl (C=O) groups excluding carboxylic acids is 1. The van der Waals surface area contributed by atoms with Gasteiger partial charge in [0.2, 0.25) is 5.91 Å². The topological polar surface area (TPSA) is 44.9 Å². The number of amides is 1. The molecule has 3 aromatic rings. The number of carbonyl (C=O) groups is 1. The molecule has 2 N–H and O–H groups in total. The number of anilines is 1. The molecule has 3 heteroatoms. The highest BCUT2D eigenvalue weighted by Gasteiger charge is 2.04. The van der Waals surface area contributed by atoms with Crippen molar-refractivity contribution >= 4 is 22.5 Å². The van der Waals surface area contributed by atoms with Gasteiger partial charge in [0.1, 0.15) is 0 Å². The van der Waals surface area contributed by atoms with Gasteiger partial charge in [-0.25, -0.2) is 0 Å². The maximum atomic E-state index is 11.0. The van der Waals surface area contributed by atoms with Crippen LogP contribution in [0, 0.1) is 6.92 Å². The van der Waals surface area contributed by atoms with E-state index in [9.17, 15) is 4.79 Å². The van der Waals surface area contributed by atoms with Gasteiger partial charge < -0.3 is 10.3 Å². The molecule has 1 amide bonds. The Kier molecular flexibility index (Phi) is 3.03. The molecule has 0 saturated carbocycles. The van der Waals surface area contributed by atoms with Gasteiger partial charge >= 0.3 is 0 Å². The summed E-state index contributed by atoms with van der Waals surface area (Å²) in [5.74, 6) is -0.0566. The first-order valence-corrected chi connectivity index (χ1v) is 6.59. The zero-order valence-electron chi connectivity index (χ0n) is 11.5. The smallest absolute Gasteiger partial charge is 0.221 e. The average Bonchev–Trinajstić information content (AvgIpc) is 2.81. The lowest BCUT2D eigenvalue weighted by Gasteiger charge is -2.03. The van der Waals surface area contributed by atoms with Crippen LogP contribution in [0.5, 0.6) is 0 Å². The summed E-state index contributed by atoms with van der Waals surface area (Å²) in [7, 11) is 0. The molecule has 0 aliphatic heterocycles. The molecular formula is C17H16N2O. The minimum Gasteiger partial charge on any atom is -0.355 e. The standard InChI is InChI=1S/C17H16N2O/c1-11-3-4-14-10-17(19-16(14)9-11)13-5-7-15(8-6-13)18-12(2)20/h3-10,19H,1-2H3,(H,18,20). The van der Waals surface area contributed by atoms with Gasteiger partial charge in [-0.15, -0.1) is 0 Å². The second kappa shape index (κ2) is 4.85. The van der Waals surface area contributed by atoms with Crippen LogP contribution >= 0.6 is 0 Å². The van der Waals surface area contributed by atoms with Crippen molar-refractivity contribution in [1.29, 1.82) is 0 Å². The lowest BCUT2D eigenvalue weighted by molar-refractivity contribution is -0.114. The van der Waals surface area contributed by atoms with Crippen LogP contribution in [-0.4, -0.2) is 10.9 Å². The molecular weight excluding hydrogens is 248 g/mol. The van der Waals surface area contributed by atoms with Gasteiger partial charge in [-0.2, -0.15) is 0 Å². The zero-order chi connectivity index (χ0) is 14.1. The molecule has 1 heterocycles. The minimum atomic E-state index is -0.0566. The Labute approximate surface area is 117 Å². The SMILES string of the molecule is CC(=O)Nc1ccc(-c2cc3ccc(C)cc3[nH]2)cc1. The van der Waals surface area contributed by atoms with Crippen LogP contribution in [0.2, 0.25) is 0 Å². The van der Waals surface area contributed by atoms with E-state index in [4.69, 9.17) is 0 Å². The van der Waals surface area contributed by atoms with E-state index in [1.165, 1.54) is 17.9 Å². The maximum absolute atomic E-state index is 11.0. The van der Waals surface area contributed by atoms with E-state index in [0.29, 0.717) is 0 Å². The molecule has 0 aliphatic rings. The molecule has 0 atom stereocenters. The normalized spacial score (nSPS) is 10.7. The second-order valence-corrected chi connectivity index (χ2v) is 5.03. The van der Waals surface area contributed by atoms with E-state index >= 15 is 0 Å². The third-order valence-electron chi connectivity index (χ3n) is 3.29. The summed E-state index contributed by atoms with van der Waals surface area (Å²) in [6.45, 7) is 3.59. The van der Waals surface area contributed by atoms with Crippen LogP contribution in [0.4, 0.5) is 5.69 Å². The van der Waals surface area contributed by atoms with E-state index in [1.54, 1.807) is 0 Å². The van der Waals surface area contributed by atoms with Crippen molar-refractivity contribution in [2.75, 3.05) is 5.32 Å². The summed E-state index contributed by atoms with van der Waals surface area (Å²) in [4.78, 5) is 14.4. The van der Waals surface area contributed by atoms with E-state index in [2.05, 4.69) is 41.5 Å². The number of nitrogens with one attached hydrogen (secondary N) is 2. The van der Waals surface area contributed by atoms with Gasteiger partial charge in [-0.1, -0.05) is 24.3 Å². The lowest BCUT2D eigenvalue weighted by Crippen LogP contribution is -2.05. The first-order chi connectivity index (χ1) is 9.61. The molecule has 1 aromatic heterocycles. The van der Waals surface area contributed by atoms with Crippen molar-refractivity contribution in [3.8, 4) is 11.3 Å². The second-order valence-electron chi connectivity index (χ2n) is 5.03. The Bertz CT molecular complexity index is 769. The summed E-state index contributed by atoms with van der Waals surface area (Å²) in [5.41, 5.74) is 5.39. The highest BCUT2D eigenvalue weighted by atomic mass is 16.1. The van der Waals surface area contributed by atoms with Gasteiger partial charge in [0.25, 0.3) is 0 Å². The fourth-order valence-electron chi connectivity index (χ4n) is 2.33. The molecule has 0 unspecified atom stereocenters. The number of fused-ring (bicyclic) bond motifs is 1. The molecule has 20 heavy (non-hydrogen) atoms. The van der Waals surface area contributed by atoms with Crippen LogP contribution in [0.25, 0.3) is 22.2 Å². The molecule has 3 rings (SSSR count). The Balaban J connectivity index is 1.96. The summed E-state index contributed by atoms with van der Waals surface area (Å²) < 4.78 is 0. The number of aromatic nitrogens is 1.